The Morgan fingerprint density at radius 1 is 1.27 bits per heavy atom. The number of halogens is 1. The number of nitrogens with one attached hydrogen (secondary N) is 2. The number of aromatic nitrogens is 1. The van der Waals surface area contributed by atoms with Crippen LogP contribution < -0.4 is 10.2 Å². The van der Waals surface area contributed by atoms with Crippen LogP contribution in [0.4, 0.5) is 0 Å². The van der Waals surface area contributed by atoms with Crippen LogP contribution in [0.5, 0.6) is 5.75 Å². The maximum Gasteiger partial charge on any atom is 0.277 e. The number of nitrogens with zero attached hydrogens (tertiary/aromatic N) is 1. The topological polar surface area (TPSA) is 66.5 Å². The quantitative estimate of drug-likeness (QED) is 0.481. The minimum Gasteiger partial charge on any atom is -0.482 e. The molecule has 0 spiro atoms. The number of hydrazone groups is 1. The Bertz CT molecular complexity index is 969. The van der Waals surface area contributed by atoms with Crippen LogP contribution in [0.15, 0.2) is 46.0 Å². The molecule has 6 heteroatoms. The Balaban J connectivity index is 1.62. The summed E-state index contributed by atoms with van der Waals surface area (Å²) in [4.78, 5) is 15.3. The first-order valence-corrected chi connectivity index (χ1v) is 9.03. The van der Waals surface area contributed by atoms with Crippen LogP contribution in [0.25, 0.3) is 10.9 Å². The van der Waals surface area contributed by atoms with Crippen LogP contribution in [0.1, 0.15) is 22.4 Å². The van der Waals surface area contributed by atoms with Crippen LogP contribution in [0, 0.1) is 20.8 Å². The first-order chi connectivity index (χ1) is 12.5. The van der Waals surface area contributed by atoms with Gasteiger partial charge in [0.25, 0.3) is 5.91 Å². The summed E-state index contributed by atoms with van der Waals surface area (Å²) >= 11 is 3.47. The van der Waals surface area contributed by atoms with Crippen LogP contribution in [0.3, 0.4) is 0 Å². The van der Waals surface area contributed by atoms with Crippen LogP contribution in [-0.4, -0.2) is 23.7 Å². The van der Waals surface area contributed by atoms with Gasteiger partial charge in [-0.3, -0.25) is 4.79 Å². The minimum atomic E-state index is -0.314. The lowest BCUT2D eigenvalue weighted by atomic mass is 10.1. The molecule has 26 heavy (non-hydrogen) atoms. The average Bonchev–Trinajstić information content (AvgIpc) is 2.89. The van der Waals surface area contributed by atoms with Crippen molar-refractivity contribution in [1.29, 1.82) is 0 Å². The van der Waals surface area contributed by atoms with Gasteiger partial charge in [0, 0.05) is 22.2 Å². The van der Waals surface area contributed by atoms with Crippen molar-refractivity contribution in [3.05, 3.63) is 63.3 Å². The van der Waals surface area contributed by atoms with Crippen molar-refractivity contribution in [3.8, 4) is 5.75 Å². The van der Waals surface area contributed by atoms with Crippen molar-refractivity contribution < 1.29 is 9.53 Å². The molecular weight excluding hydrogens is 394 g/mol. The number of hydrogen-bond acceptors (Lipinski definition) is 3. The zero-order chi connectivity index (χ0) is 18.7. The predicted octanol–water partition coefficient (Wildman–Crippen LogP) is 4.38. The minimum absolute atomic E-state index is 0.104. The van der Waals surface area contributed by atoms with Crippen molar-refractivity contribution in [2.45, 2.75) is 20.8 Å². The van der Waals surface area contributed by atoms with Gasteiger partial charge in [0.15, 0.2) is 6.61 Å². The Kier molecular flexibility index (Phi) is 5.42. The number of para-hydroxylation sites is 1. The molecule has 5 nitrogen and oxygen atoms in total. The van der Waals surface area contributed by atoms with Gasteiger partial charge in [-0.15, -0.1) is 0 Å². The molecule has 0 atom stereocenters. The molecule has 0 saturated heterocycles. The number of aromatic amines is 1. The van der Waals surface area contributed by atoms with E-state index in [0.717, 1.165) is 37.8 Å². The molecule has 0 aliphatic heterocycles. The Morgan fingerprint density at radius 3 is 2.81 bits per heavy atom. The number of rotatable bonds is 5. The van der Waals surface area contributed by atoms with E-state index in [1.807, 2.05) is 57.2 Å². The summed E-state index contributed by atoms with van der Waals surface area (Å²) in [5, 5.41) is 5.13. The number of carbonyl (C=O) groups is 1. The largest absolute Gasteiger partial charge is 0.482 e. The molecule has 0 unspecified atom stereocenters. The number of benzene rings is 2. The van der Waals surface area contributed by atoms with E-state index in [4.69, 9.17) is 4.74 Å². The summed E-state index contributed by atoms with van der Waals surface area (Å²) < 4.78 is 6.46. The van der Waals surface area contributed by atoms with Crippen molar-refractivity contribution in [2.75, 3.05) is 6.61 Å². The molecule has 1 amide bonds. The lowest BCUT2D eigenvalue weighted by Crippen LogP contribution is -2.24. The molecular formula is C20H20BrN3O2. The SMILES string of the molecule is Cc1cc(C)c(OCC(=O)NN=Cc2c(C)[nH]c3ccccc23)c(Br)c1. The molecule has 1 heterocycles. The van der Waals surface area contributed by atoms with E-state index in [2.05, 4.69) is 31.4 Å². The summed E-state index contributed by atoms with van der Waals surface area (Å²) in [6.07, 6.45) is 1.65. The standard InChI is InChI=1S/C20H20BrN3O2/c1-12-8-13(2)20(17(21)9-12)26-11-19(25)24-22-10-16-14(3)23-18-7-5-4-6-15(16)18/h4-10,23H,11H2,1-3H3,(H,24,25). The normalized spacial score (nSPS) is 11.2. The molecule has 0 aliphatic rings. The third-order valence-electron chi connectivity index (χ3n) is 4.05. The number of carbonyl (C=O) groups excluding carboxylic acids is 1. The van der Waals surface area contributed by atoms with E-state index in [-0.39, 0.29) is 12.5 Å². The van der Waals surface area contributed by atoms with Crippen LogP contribution in [-0.2, 0) is 4.79 Å². The fourth-order valence-corrected chi connectivity index (χ4v) is 3.68. The molecule has 2 N–H and O–H groups in total. The molecule has 0 aliphatic carbocycles. The lowest BCUT2D eigenvalue weighted by Gasteiger charge is -2.11. The molecule has 3 rings (SSSR count). The highest BCUT2D eigenvalue weighted by atomic mass is 79.9. The van der Waals surface area contributed by atoms with Gasteiger partial charge >= 0.3 is 0 Å². The number of amides is 1. The second-order valence-electron chi connectivity index (χ2n) is 6.18. The average molecular weight is 414 g/mol. The van der Waals surface area contributed by atoms with Gasteiger partial charge in [0.1, 0.15) is 5.75 Å². The fraction of sp³-hybridized carbons (Fsp3) is 0.200. The highest BCUT2D eigenvalue weighted by Gasteiger charge is 2.09. The van der Waals surface area contributed by atoms with E-state index in [0.29, 0.717) is 5.75 Å². The molecule has 2 aromatic carbocycles. The summed E-state index contributed by atoms with van der Waals surface area (Å²) in [7, 11) is 0. The Morgan fingerprint density at radius 2 is 2.04 bits per heavy atom. The summed E-state index contributed by atoms with van der Waals surface area (Å²) in [6.45, 7) is 5.83. The second-order valence-corrected chi connectivity index (χ2v) is 7.04. The van der Waals surface area contributed by atoms with E-state index < -0.39 is 0 Å². The highest BCUT2D eigenvalue weighted by molar-refractivity contribution is 9.10. The summed E-state index contributed by atoms with van der Waals surface area (Å²) in [5.74, 6) is 0.354. The molecule has 134 valence electrons. The van der Waals surface area contributed by atoms with Gasteiger partial charge in [0.05, 0.1) is 10.7 Å². The van der Waals surface area contributed by atoms with Crippen LogP contribution >= 0.6 is 15.9 Å². The van der Waals surface area contributed by atoms with Gasteiger partial charge in [-0.05, 0) is 60.0 Å². The molecule has 0 fully saturated rings. The number of ether oxygens (including phenoxy) is 1. The molecule has 0 radical (unpaired) electrons. The Hall–Kier alpha value is -2.60. The summed E-state index contributed by atoms with van der Waals surface area (Å²) in [6, 6.07) is 11.9. The van der Waals surface area contributed by atoms with Gasteiger partial charge in [-0.25, -0.2) is 5.43 Å². The third-order valence-corrected chi connectivity index (χ3v) is 4.64. The number of fused-ring (bicyclic) bond motifs is 1. The Labute approximate surface area is 160 Å². The van der Waals surface area contributed by atoms with Gasteiger partial charge in [-0.2, -0.15) is 5.10 Å². The van der Waals surface area contributed by atoms with Crippen molar-refractivity contribution in [3.63, 3.8) is 0 Å². The van der Waals surface area contributed by atoms with Crippen LogP contribution in [0.2, 0.25) is 0 Å². The van der Waals surface area contributed by atoms with E-state index in [1.54, 1.807) is 6.21 Å². The number of H-pyrrole nitrogens is 1. The molecule has 0 saturated carbocycles. The maximum absolute atomic E-state index is 12.0. The third kappa shape index (κ3) is 3.96. The zero-order valence-corrected chi connectivity index (χ0v) is 16.5. The monoisotopic (exact) mass is 413 g/mol. The fourth-order valence-electron chi connectivity index (χ4n) is 2.89. The second kappa shape index (κ2) is 7.74. The first kappa shape index (κ1) is 18.2. The van der Waals surface area contributed by atoms with E-state index in [1.165, 1.54) is 0 Å². The summed E-state index contributed by atoms with van der Waals surface area (Å²) in [5.41, 5.74) is 7.61. The smallest absolute Gasteiger partial charge is 0.277 e. The molecule has 1 aromatic heterocycles. The van der Waals surface area contributed by atoms with Crippen molar-refractivity contribution in [1.82, 2.24) is 10.4 Å². The van der Waals surface area contributed by atoms with Gasteiger partial charge in [0.2, 0.25) is 0 Å². The van der Waals surface area contributed by atoms with Gasteiger partial charge < -0.3 is 9.72 Å². The van der Waals surface area contributed by atoms with E-state index in [9.17, 15) is 4.79 Å². The number of aryl methyl sites for hydroxylation is 3. The number of hydrogen-bond donors (Lipinski definition) is 2. The van der Waals surface area contributed by atoms with E-state index >= 15 is 0 Å². The zero-order valence-electron chi connectivity index (χ0n) is 14.9. The van der Waals surface area contributed by atoms with Crippen molar-refractivity contribution in [2.24, 2.45) is 5.10 Å². The first-order valence-electron chi connectivity index (χ1n) is 8.24. The predicted molar refractivity (Wildman–Crippen MR) is 108 cm³/mol. The van der Waals surface area contributed by atoms with Gasteiger partial charge in [-0.1, -0.05) is 24.3 Å². The maximum atomic E-state index is 12.0. The van der Waals surface area contributed by atoms with Crippen molar-refractivity contribution >= 4 is 39.0 Å². The molecule has 0 bridgehead atoms. The lowest BCUT2D eigenvalue weighted by molar-refractivity contribution is -0.123. The highest BCUT2D eigenvalue weighted by Crippen LogP contribution is 2.30. The molecule has 3 aromatic rings.